The minimum atomic E-state index is -0.312. The van der Waals surface area contributed by atoms with E-state index in [1.54, 1.807) is 7.11 Å². The first-order chi connectivity index (χ1) is 13.7. The van der Waals surface area contributed by atoms with Gasteiger partial charge in [0, 0.05) is 31.4 Å². The molecule has 28 heavy (non-hydrogen) atoms. The predicted molar refractivity (Wildman–Crippen MR) is 112 cm³/mol. The molecule has 6 heteroatoms. The van der Waals surface area contributed by atoms with Crippen LogP contribution in [0.3, 0.4) is 0 Å². The molecule has 0 aliphatic heterocycles. The zero-order chi connectivity index (χ0) is 19.8. The van der Waals surface area contributed by atoms with Gasteiger partial charge in [-0.3, -0.25) is 4.79 Å². The molecular weight excluding hydrogens is 372 g/mol. The zero-order valence-corrected chi connectivity index (χ0v) is 16.9. The predicted octanol–water partition coefficient (Wildman–Crippen LogP) is 4.64. The number of hydrogen-bond donors (Lipinski definition) is 1. The highest BCUT2D eigenvalue weighted by molar-refractivity contribution is 8.00. The summed E-state index contributed by atoms with van der Waals surface area (Å²) in [7, 11) is 1.65. The summed E-state index contributed by atoms with van der Waals surface area (Å²) in [4.78, 5) is 17.0. The van der Waals surface area contributed by atoms with E-state index in [4.69, 9.17) is 9.15 Å². The fourth-order valence-electron chi connectivity index (χ4n) is 2.70. The smallest absolute Gasteiger partial charge is 0.257 e. The molecule has 0 aliphatic carbocycles. The molecule has 5 nitrogen and oxygen atoms in total. The Labute approximate surface area is 169 Å². The van der Waals surface area contributed by atoms with E-state index in [1.165, 1.54) is 11.8 Å². The number of hydrogen-bond acceptors (Lipinski definition) is 5. The van der Waals surface area contributed by atoms with Gasteiger partial charge in [0.2, 0.25) is 5.91 Å². The largest absolute Gasteiger partial charge is 0.431 e. The second-order valence-electron chi connectivity index (χ2n) is 6.29. The number of amides is 1. The van der Waals surface area contributed by atoms with Crippen molar-refractivity contribution in [2.75, 3.05) is 20.3 Å². The van der Waals surface area contributed by atoms with Gasteiger partial charge in [-0.1, -0.05) is 72.4 Å². The Morgan fingerprint density at radius 3 is 2.39 bits per heavy atom. The van der Waals surface area contributed by atoms with E-state index >= 15 is 0 Å². The summed E-state index contributed by atoms with van der Waals surface area (Å²) in [6.07, 6.45) is 0.787. The molecule has 0 saturated heterocycles. The standard InChI is InChI=1S/C22H24N2O3S/c1-16(21(25)23-14-9-15-26-2)28-22-24-19(17-10-5-3-6-11-17)20(27-22)18-12-7-4-8-13-18/h3-8,10-13,16H,9,14-15H2,1-2H3,(H,23,25). The fraction of sp³-hybridized carbons (Fsp3) is 0.273. The van der Waals surface area contributed by atoms with Gasteiger partial charge >= 0.3 is 0 Å². The molecule has 1 unspecified atom stereocenters. The van der Waals surface area contributed by atoms with E-state index in [9.17, 15) is 4.79 Å². The molecule has 3 rings (SSSR count). The highest BCUT2D eigenvalue weighted by Gasteiger charge is 2.21. The lowest BCUT2D eigenvalue weighted by Gasteiger charge is -2.09. The number of nitrogens with one attached hydrogen (secondary N) is 1. The second-order valence-corrected chi connectivity index (χ2v) is 7.58. The molecule has 0 fully saturated rings. The molecule has 0 saturated carbocycles. The fourth-order valence-corrected chi connectivity index (χ4v) is 3.47. The minimum Gasteiger partial charge on any atom is -0.431 e. The Morgan fingerprint density at radius 1 is 1.11 bits per heavy atom. The van der Waals surface area contributed by atoms with Crippen molar-refractivity contribution >= 4 is 17.7 Å². The average molecular weight is 397 g/mol. The Morgan fingerprint density at radius 2 is 1.75 bits per heavy atom. The van der Waals surface area contributed by atoms with E-state index in [0.29, 0.717) is 24.1 Å². The number of nitrogens with zero attached hydrogens (tertiary/aromatic N) is 1. The lowest BCUT2D eigenvalue weighted by atomic mass is 10.1. The lowest BCUT2D eigenvalue weighted by Crippen LogP contribution is -2.32. The van der Waals surface area contributed by atoms with Gasteiger partial charge in [0.05, 0.1) is 5.25 Å². The van der Waals surface area contributed by atoms with Crippen LogP contribution in [0.2, 0.25) is 0 Å². The third-order valence-electron chi connectivity index (χ3n) is 4.16. The van der Waals surface area contributed by atoms with Gasteiger partial charge in [-0.2, -0.15) is 0 Å². The number of aromatic nitrogens is 1. The van der Waals surface area contributed by atoms with Crippen LogP contribution in [-0.4, -0.2) is 36.4 Å². The normalized spacial score (nSPS) is 11.9. The molecule has 1 aromatic heterocycles. The van der Waals surface area contributed by atoms with Crippen molar-refractivity contribution in [3.05, 3.63) is 60.7 Å². The molecule has 0 radical (unpaired) electrons. The third-order valence-corrected chi connectivity index (χ3v) is 5.11. The van der Waals surface area contributed by atoms with Crippen molar-refractivity contribution in [3.63, 3.8) is 0 Å². The molecular formula is C22H24N2O3S. The van der Waals surface area contributed by atoms with E-state index < -0.39 is 0 Å². The van der Waals surface area contributed by atoms with Crippen molar-refractivity contribution in [2.45, 2.75) is 23.8 Å². The number of methoxy groups -OCH3 is 1. The first-order valence-electron chi connectivity index (χ1n) is 9.24. The second kappa shape index (κ2) is 10.1. The molecule has 0 aliphatic rings. The number of carbonyl (C=O) groups is 1. The van der Waals surface area contributed by atoms with Crippen molar-refractivity contribution in [1.82, 2.24) is 10.3 Å². The number of oxazole rings is 1. The van der Waals surface area contributed by atoms with Crippen molar-refractivity contribution in [1.29, 1.82) is 0 Å². The summed E-state index contributed by atoms with van der Waals surface area (Å²) in [5.41, 5.74) is 2.72. The highest BCUT2D eigenvalue weighted by Crippen LogP contribution is 2.36. The van der Waals surface area contributed by atoms with Crippen LogP contribution in [0.4, 0.5) is 0 Å². The monoisotopic (exact) mass is 396 g/mol. The van der Waals surface area contributed by atoms with Gasteiger partial charge in [-0.05, 0) is 13.3 Å². The number of benzene rings is 2. The molecule has 1 heterocycles. The van der Waals surface area contributed by atoms with E-state index in [-0.39, 0.29) is 11.2 Å². The summed E-state index contributed by atoms with van der Waals surface area (Å²) in [6, 6.07) is 19.8. The van der Waals surface area contributed by atoms with Gasteiger partial charge < -0.3 is 14.5 Å². The van der Waals surface area contributed by atoms with Crippen LogP contribution < -0.4 is 5.32 Å². The van der Waals surface area contributed by atoms with Gasteiger partial charge in [0.25, 0.3) is 5.22 Å². The maximum atomic E-state index is 12.3. The van der Waals surface area contributed by atoms with Crippen molar-refractivity contribution in [2.24, 2.45) is 0 Å². The maximum absolute atomic E-state index is 12.3. The Bertz CT molecular complexity index is 824. The molecule has 146 valence electrons. The topological polar surface area (TPSA) is 64.4 Å². The quantitative estimate of drug-likeness (QED) is 0.422. The zero-order valence-electron chi connectivity index (χ0n) is 16.1. The Hall–Kier alpha value is -2.57. The summed E-state index contributed by atoms with van der Waals surface area (Å²) < 4.78 is 11.1. The first-order valence-corrected chi connectivity index (χ1v) is 10.1. The van der Waals surface area contributed by atoms with Crippen LogP contribution in [0.15, 0.2) is 70.3 Å². The average Bonchev–Trinajstić information content (AvgIpc) is 3.16. The number of rotatable bonds is 9. The van der Waals surface area contributed by atoms with Crippen molar-refractivity contribution in [3.8, 4) is 22.6 Å². The summed E-state index contributed by atoms with van der Waals surface area (Å²) in [6.45, 7) is 3.07. The van der Waals surface area contributed by atoms with Crippen LogP contribution in [0.25, 0.3) is 22.6 Å². The van der Waals surface area contributed by atoms with Crippen LogP contribution in [-0.2, 0) is 9.53 Å². The number of thioether (sulfide) groups is 1. The Balaban J connectivity index is 1.79. The van der Waals surface area contributed by atoms with Crippen LogP contribution >= 0.6 is 11.8 Å². The molecule has 3 aromatic rings. The van der Waals surface area contributed by atoms with E-state index in [2.05, 4.69) is 10.3 Å². The molecule has 0 spiro atoms. The highest BCUT2D eigenvalue weighted by atomic mass is 32.2. The third kappa shape index (κ3) is 5.24. The Kier molecular flexibility index (Phi) is 7.28. The van der Waals surface area contributed by atoms with Crippen molar-refractivity contribution < 1.29 is 13.9 Å². The summed E-state index contributed by atoms with van der Waals surface area (Å²) >= 11 is 1.32. The van der Waals surface area contributed by atoms with Crippen LogP contribution in [0.5, 0.6) is 0 Å². The molecule has 1 amide bonds. The first kappa shape index (κ1) is 20.2. The number of carbonyl (C=O) groups excluding carboxylic acids is 1. The molecule has 1 atom stereocenters. The number of ether oxygens (including phenoxy) is 1. The van der Waals surface area contributed by atoms with Gasteiger partial charge in [-0.15, -0.1) is 0 Å². The van der Waals surface area contributed by atoms with Gasteiger partial charge in [0.1, 0.15) is 5.69 Å². The van der Waals surface area contributed by atoms with Crippen LogP contribution in [0.1, 0.15) is 13.3 Å². The summed E-state index contributed by atoms with van der Waals surface area (Å²) in [5, 5.41) is 3.08. The van der Waals surface area contributed by atoms with Gasteiger partial charge in [0.15, 0.2) is 5.76 Å². The van der Waals surface area contributed by atoms with Crippen LogP contribution in [0, 0.1) is 0 Å². The minimum absolute atomic E-state index is 0.0400. The lowest BCUT2D eigenvalue weighted by molar-refractivity contribution is -0.120. The summed E-state index contributed by atoms with van der Waals surface area (Å²) in [5.74, 6) is 0.670. The maximum Gasteiger partial charge on any atom is 0.257 e. The molecule has 0 bridgehead atoms. The van der Waals surface area contributed by atoms with E-state index in [0.717, 1.165) is 23.2 Å². The molecule has 2 aromatic carbocycles. The molecule has 1 N–H and O–H groups in total. The SMILES string of the molecule is COCCCNC(=O)C(C)Sc1nc(-c2ccccc2)c(-c2ccccc2)o1. The van der Waals surface area contributed by atoms with E-state index in [1.807, 2.05) is 67.6 Å². The van der Waals surface area contributed by atoms with Gasteiger partial charge in [-0.25, -0.2) is 4.98 Å².